The molecule has 1 saturated carbocycles. The summed E-state index contributed by atoms with van der Waals surface area (Å²) < 4.78 is 32.2. The molecule has 8 nitrogen and oxygen atoms in total. The number of nitrogens with two attached hydrogens (primary N) is 1. The smallest absolute Gasteiger partial charge is 0.333 e. The summed E-state index contributed by atoms with van der Waals surface area (Å²) in [4.78, 5) is 8.37. The fourth-order valence-electron chi connectivity index (χ4n) is 3.02. The minimum atomic E-state index is -4.02. The Morgan fingerprint density at radius 2 is 1.93 bits per heavy atom. The minimum absolute atomic E-state index is 0. The van der Waals surface area contributed by atoms with Crippen LogP contribution in [-0.2, 0) is 20.9 Å². The summed E-state index contributed by atoms with van der Waals surface area (Å²) in [5.41, 5.74) is 1.96. The van der Waals surface area contributed by atoms with Crippen LogP contribution in [0.25, 0.3) is 0 Å². The van der Waals surface area contributed by atoms with Gasteiger partial charge in [-0.3, -0.25) is 4.18 Å². The fourth-order valence-corrected chi connectivity index (χ4v) is 3.39. The van der Waals surface area contributed by atoms with E-state index in [0.717, 1.165) is 11.3 Å². The van der Waals surface area contributed by atoms with Crippen LogP contribution in [0.15, 0.2) is 42.7 Å². The number of rotatable bonds is 7. The van der Waals surface area contributed by atoms with Crippen molar-refractivity contribution in [1.29, 1.82) is 0 Å². The molecule has 0 unspecified atom stereocenters. The van der Waals surface area contributed by atoms with E-state index in [9.17, 15) is 13.5 Å². The first-order chi connectivity index (χ1) is 12.4. The van der Waals surface area contributed by atoms with E-state index in [1.807, 2.05) is 30.3 Å². The van der Waals surface area contributed by atoms with Crippen LogP contribution < -0.4 is 9.88 Å². The molecule has 0 bridgehead atoms. The molecule has 9 heteroatoms. The predicted molar refractivity (Wildman–Crippen MR) is 100 cm³/mol. The second-order valence-corrected chi connectivity index (χ2v) is 7.55. The van der Waals surface area contributed by atoms with Crippen molar-refractivity contribution in [3.63, 3.8) is 0 Å². The molecule has 1 aliphatic rings. The van der Waals surface area contributed by atoms with E-state index in [2.05, 4.69) is 14.2 Å². The molecule has 3 N–H and O–H groups in total. The molecule has 0 spiro atoms. The largest absolute Gasteiger partial charge is 0.474 e. The van der Waals surface area contributed by atoms with Crippen LogP contribution in [0.2, 0.25) is 0 Å². The van der Waals surface area contributed by atoms with Gasteiger partial charge in [0.1, 0.15) is 12.4 Å². The summed E-state index contributed by atoms with van der Waals surface area (Å²) in [5, 5.41) is 14.9. The molecule has 0 saturated heterocycles. The third-order valence-corrected chi connectivity index (χ3v) is 4.74. The quantitative estimate of drug-likeness (QED) is 0.727. The highest BCUT2D eigenvalue weighted by Crippen LogP contribution is 2.29. The van der Waals surface area contributed by atoms with Crippen molar-refractivity contribution < 1.29 is 22.4 Å². The summed E-state index contributed by atoms with van der Waals surface area (Å²) in [5.74, 6) is 0.0695. The Balaban J connectivity index is 0.00000261. The molecular weight excluding hydrogens is 370 g/mol. The topological polar surface area (TPSA) is 125 Å². The third-order valence-electron chi connectivity index (χ3n) is 4.27. The number of hydrogen-bond acceptors (Lipinski definition) is 7. The lowest BCUT2D eigenvalue weighted by Gasteiger charge is -2.13. The highest BCUT2D eigenvalue weighted by molar-refractivity contribution is 7.84. The maximum atomic E-state index is 10.9. The van der Waals surface area contributed by atoms with Gasteiger partial charge in [-0.15, -0.1) is 0 Å². The van der Waals surface area contributed by atoms with E-state index >= 15 is 0 Å². The van der Waals surface area contributed by atoms with Crippen LogP contribution in [0.1, 0.15) is 31.5 Å². The average molecular weight is 395 g/mol. The van der Waals surface area contributed by atoms with E-state index in [0.29, 0.717) is 25.1 Å². The lowest BCUT2D eigenvalue weighted by molar-refractivity contribution is 0.0986. The first kappa shape index (κ1) is 21.2. The van der Waals surface area contributed by atoms with Gasteiger partial charge >= 0.3 is 10.3 Å². The van der Waals surface area contributed by atoms with Crippen LogP contribution >= 0.6 is 0 Å². The van der Waals surface area contributed by atoms with Crippen LogP contribution in [0, 0.1) is 5.92 Å². The van der Waals surface area contributed by atoms with Gasteiger partial charge in [-0.2, -0.15) is 8.42 Å². The van der Waals surface area contributed by atoms with Gasteiger partial charge in [-0.1, -0.05) is 37.8 Å². The normalized spacial score (nSPS) is 22.2. The number of benzene rings is 1. The molecule has 1 heterocycles. The van der Waals surface area contributed by atoms with Gasteiger partial charge in [0.25, 0.3) is 0 Å². The van der Waals surface area contributed by atoms with Crippen LogP contribution in [0.3, 0.4) is 0 Å². The summed E-state index contributed by atoms with van der Waals surface area (Å²) in [6, 6.07) is 11.7. The summed E-state index contributed by atoms with van der Waals surface area (Å²) in [6.45, 7) is -0.164. The van der Waals surface area contributed by atoms with Crippen molar-refractivity contribution in [1.82, 2.24) is 9.97 Å². The second-order valence-electron chi connectivity index (χ2n) is 6.33. The van der Waals surface area contributed by atoms with Crippen molar-refractivity contribution in [3.05, 3.63) is 54.0 Å². The van der Waals surface area contributed by atoms with Gasteiger partial charge in [0.2, 0.25) is 5.88 Å². The number of aromatic nitrogens is 2. The van der Waals surface area contributed by atoms with E-state index in [1.165, 1.54) is 6.33 Å². The zero-order valence-corrected chi connectivity index (χ0v) is 14.9. The lowest BCUT2D eigenvalue weighted by Crippen LogP contribution is -2.24. The molecule has 1 aliphatic carbocycles. The highest BCUT2D eigenvalue weighted by Gasteiger charge is 2.35. The first-order valence-electron chi connectivity index (χ1n) is 8.26. The van der Waals surface area contributed by atoms with Gasteiger partial charge in [0.15, 0.2) is 0 Å². The fraction of sp³-hybridized carbons (Fsp3) is 0.444. The molecule has 0 amide bonds. The third kappa shape index (κ3) is 6.55. The minimum Gasteiger partial charge on any atom is -0.474 e. The summed E-state index contributed by atoms with van der Waals surface area (Å²) in [6.07, 6.45) is 1.94. The molecule has 2 aromatic rings. The lowest BCUT2D eigenvalue weighted by atomic mass is 10.1. The number of ether oxygens (including phenoxy) is 1. The molecule has 1 fully saturated rings. The monoisotopic (exact) mass is 395 g/mol. The molecule has 0 radical (unpaired) electrons. The molecular formula is C18H25N3O5S. The molecule has 3 rings (SSSR count). The Morgan fingerprint density at radius 1 is 1.19 bits per heavy atom. The number of aliphatic hydroxyl groups is 1. The van der Waals surface area contributed by atoms with Gasteiger partial charge < -0.3 is 9.84 Å². The van der Waals surface area contributed by atoms with Gasteiger partial charge in [0, 0.05) is 24.8 Å². The molecule has 3 atom stereocenters. The first-order valence-corrected chi connectivity index (χ1v) is 9.73. The number of hydrogen-bond donors (Lipinski definition) is 2. The van der Waals surface area contributed by atoms with Crippen LogP contribution in [0.4, 0.5) is 0 Å². The van der Waals surface area contributed by atoms with E-state index in [4.69, 9.17) is 9.88 Å². The molecule has 0 aliphatic heterocycles. The maximum Gasteiger partial charge on any atom is 0.333 e. The zero-order chi connectivity index (χ0) is 18.6. The van der Waals surface area contributed by atoms with Crippen molar-refractivity contribution in [3.8, 4) is 5.88 Å². The molecule has 1 aromatic heterocycles. The van der Waals surface area contributed by atoms with Crippen LogP contribution in [-0.4, -0.2) is 42.3 Å². The Morgan fingerprint density at radius 3 is 2.63 bits per heavy atom. The number of nitrogens with zero attached hydrogens (tertiary/aromatic N) is 2. The van der Waals surface area contributed by atoms with Crippen molar-refractivity contribution >= 4 is 10.3 Å². The predicted octanol–water partition coefficient (Wildman–Crippen LogP) is 1.44. The van der Waals surface area contributed by atoms with Crippen molar-refractivity contribution in [2.75, 3.05) is 6.61 Å². The van der Waals surface area contributed by atoms with Gasteiger partial charge in [-0.25, -0.2) is 15.1 Å². The number of aliphatic hydroxyl groups excluding tert-OH is 1. The maximum absolute atomic E-state index is 10.9. The van der Waals surface area contributed by atoms with Crippen LogP contribution in [0.5, 0.6) is 5.88 Å². The van der Waals surface area contributed by atoms with Crippen molar-refractivity contribution in [2.24, 2.45) is 11.1 Å². The highest BCUT2D eigenvalue weighted by atomic mass is 32.2. The van der Waals surface area contributed by atoms with Gasteiger partial charge in [-0.05, 0) is 12.0 Å². The Hall–Kier alpha value is -2.07. The summed E-state index contributed by atoms with van der Waals surface area (Å²) in [7, 11) is -4.02. The van der Waals surface area contributed by atoms with E-state index in [1.54, 1.807) is 6.07 Å². The molecule has 1 aromatic carbocycles. The summed E-state index contributed by atoms with van der Waals surface area (Å²) >= 11 is 0. The molecule has 148 valence electrons. The van der Waals surface area contributed by atoms with Gasteiger partial charge in [0.05, 0.1) is 18.4 Å². The SMILES string of the molecule is C.NS(=O)(=O)OC[C@@H]1C[C@@H](Oc2cc(Cc3ccccc3)ncn2)C[C@@H]1O. The van der Waals surface area contributed by atoms with E-state index in [-0.39, 0.29) is 26.1 Å². The average Bonchev–Trinajstić information content (AvgIpc) is 2.93. The Kier molecular flexibility index (Phi) is 7.25. The Labute approximate surface area is 159 Å². The van der Waals surface area contributed by atoms with Crippen molar-refractivity contribution in [2.45, 2.75) is 38.9 Å². The Bertz CT molecular complexity index is 832. The zero-order valence-electron chi connectivity index (χ0n) is 14.1. The second kappa shape index (κ2) is 9.23. The standard InChI is InChI=1S/C17H21N3O5S.CH4/c18-26(22,23)24-10-13-7-15(9-16(13)21)25-17-8-14(19-11-20-17)6-12-4-2-1-3-5-12;/h1-5,8,11,13,15-16,21H,6-7,9-10H2,(H2,18,22,23);1H4/t13-,15+,16-;/m0./s1. The molecule has 27 heavy (non-hydrogen) atoms. The van der Waals surface area contributed by atoms with E-state index < -0.39 is 16.4 Å².